The number of carbonyl (C=O) groups excluding carboxylic acids is 1. The summed E-state index contributed by atoms with van der Waals surface area (Å²) in [6.45, 7) is 1.85. The molecule has 1 atom stereocenters. The summed E-state index contributed by atoms with van der Waals surface area (Å²) in [5.74, 6) is 0.380. The van der Waals surface area contributed by atoms with Gasteiger partial charge < -0.3 is 4.90 Å². The van der Waals surface area contributed by atoms with Crippen LogP contribution >= 0.6 is 0 Å². The molecule has 1 aliphatic carbocycles. The van der Waals surface area contributed by atoms with Crippen LogP contribution in [0.15, 0.2) is 42.0 Å². The maximum Gasteiger partial charge on any atom is 0.226 e. The van der Waals surface area contributed by atoms with Gasteiger partial charge in [0.1, 0.15) is 0 Å². The van der Waals surface area contributed by atoms with Gasteiger partial charge in [-0.3, -0.25) is 4.79 Å². The number of allylic oxidation sites excluding steroid dienone is 1. The van der Waals surface area contributed by atoms with Crippen LogP contribution < -0.4 is 4.72 Å². The topological polar surface area (TPSA) is 66.5 Å². The van der Waals surface area contributed by atoms with Gasteiger partial charge in [-0.1, -0.05) is 42.0 Å². The summed E-state index contributed by atoms with van der Waals surface area (Å²) < 4.78 is 27.4. The third-order valence-electron chi connectivity index (χ3n) is 5.43. The summed E-state index contributed by atoms with van der Waals surface area (Å²) in [7, 11) is -3.36. The second kappa shape index (κ2) is 9.51. The molecular weight excluding hydrogens is 360 g/mol. The number of hydrogen-bond acceptors (Lipinski definition) is 3. The van der Waals surface area contributed by atoms with Gasteiger partial charge in [-0.15, -0.1) is 0 Å². The molecule has 1 unspecified atom stereocenters. The van der Waals surface area contributed by atoms with Crippen LogP contribution in [-0.2, 0) is 20.6 Å². The van der Waals surface area contributed by atoms with Gasteiger partial charge in [0.2, 0.25) is 15.9 Å². The van der Waals surface area contributed by atoms with E-state index in [1.165, 1.54) is 18.4 Å². The molecule has 1 fully saturated rings. The van der Waals surface area contributed by atoms with Gasteiger partial charge in [-0.25, -0.2) is 13.1 Å². The zero-order valence-electron chi connectivity index (χ0n) is 15.9. The summed E-state index contributed by atoms with van der Waals surface area (Å²) in [5, 5.41) is 0. The average molecular weight is 391 g/mol. The second-order valence-electron chi connectivity index (χ2n) is 7.73. The van der Waals surface area contributed by atoms with Crippen molar-refractivity contribution in [3.8, 4) is 0 Å². The van der Waals surface area contributed by atoms with E-state index in [4.69, 9.17) is 0 Å². The van der Waals surface area contributed by atoms with E-state index >= 15 is 0 Å². The van der Waals surface area contributed by atoms with Crippen molar-refractivity contribution < 1.29 is 13.2 Å². The van der Waals surface area contributed by atoms with Gasteiger partial charge in [0, 0.05) is 26.1 Å². The molecular formula is C21H30N2O3S. The lowest BCUT2D eigenvalue weighted by Crippen LogP contribution is -2.43. The Morgan fingerprint density at radius 1 is 1.15 bits per heavy atom. The van der Waals surface area contributed by atoms with E-state index in [-0.39, 0.29) is 17.6 Å². The van der Waals surface area contributed by atoms with Crippen LogP contribution in [0.5, 0.6) is 0 Å². The first-order chi connectivity index (χ1) is 13.0. The summed E-state index contributed by atoms with van der Waals surface area (Å²) in [6, 6.07) is 9.20. The lowest BCUT2D eigenvalue weighted by atomic mass is 9.95. The van der Waals surface area contributed by atoms with Crippen LogP contribution in [-0.4, -0.2) is 38.9 Å². The molecule has 1 amide bonds. The number of hydrogen-bond donors (Lipinski definition) is 1. The predicted molar refractivity (Wildman–Crippen MR) is 108 cm³/mol. The first kappa shape index (κ1) is 20.1. The van der Waals surface area contributed by atoms with E-state index in [1.54, 1.807) is 0 Å². The van der Waals surface area contributed by atoms with Gasteiger partial charge in [0.05, 0.1) is 5.75 Å². The van der Waals surface area contributed by atoms with Crippen molar-refractivity contribution in [1.29, 1.82) is 0 Å². The highest BCUT2D eigenvalue weighted by Crippen LogP contribution is 2.23. The number of amides is 1. The number of benzene rings is 1. The number of sulfonamides is 1. The van der Waals surface area contributed by atoms with Crippen LogP contribution in [0.2, 0.25) is 0 Å². The number of nitrogens with one attached hydrogen (secondary N) is 1. The van der Waals surface area contributed by atoms with Crippen molar-refractivity contribution in [2.24, 2.45) is 5.92 Å². The highest BCUT2D eigenvalue weighted by molar-refractivity contribution is 7.88. The van der Waals surface area contributed by atoms with Crippen molar-refractivity contribution in [1.82, 2.24) is 9.62 Å². The first-order valence-corrected chi connectivity index (χ1v) is 11.6. The molecule has 1 aliphatic heterocycles. The van der Waals surface area contributed by atoms with Gasteiger partial charge in [-0.05, 0) is 50.0 Å². The fourth-order valence-corrected chi connectivity index (χ4v) is 5.14. The van der Waals surface area contributed by atoms with Gasteiger partial charge >= 0.3 is 0 Å². The Hall–Kier alpha value is -1.66. The molecule has 0 bridgehead atoms. The predicted octanol–water partition coefficient (Wildman–Crippen LogP) is 3.24. The Bertz CT molecular complexity index is 759. The molecule has 1 N–H and O–H groups in total. The number of piperidine rings is 1. The average Bonchev–Trinajstić information content (AvgIpc) is 2.68. The zero-order valence-corrected chi connectivity index (χ0v) is 16.7. The molecule has 0 spiro atoms. The van der Waals surface area contributed by atoms with Crippen LogP contribution in [0, 0.1) is 5.92 Å². The minimum atomic E-state index is -3.36. The van der Waals surface area contributed by atoms with Crippen LogP contribution in [0.4, 0.5) is 0 Å². The number of nitrogens with zero attached hydrogens (tertiary/aromatic N) is 1. The lowest BCUT2D eigenvalue weighted by molar-refractivity contribution is -0.132. The number of carbonyl (C=O) groups is 1. The Kier molecular flexibility index (Phi) is 7.07. The van der Waals surface area contributed by atoms with E-state index in [1.807, 2.05) is 35.2 Å². The van der Waals surface area contributed by atoms with E-state index in [0.29, 0.717) is 19.5 Å². The number of likely N-dealkylation sites (tertiary alicyclic amines) is 1. The van der Waals surface area contributed by atoms with Gasteiger partial charge in [-0.2, -0.15) is 0 Å². The third kappa shape index (κ3) is 6.47. The van der Waals surface area contributed by atoms with E-state index in [2.05, 4.69) is 10.8 Å². The van der Waals surface area contributed by atoms with E-state index in [0.717, 1.165) is 37.8 Å². The van der Waals surface area contributed by atoms with Crippen LogP contribution in [0.1, 0.15) is 50.5 Å². The highest BCUT2D eigenvalue weighted by Gasteiger charge is 2.25. The maximum atomic E-state index is 12.6. The first-order valence-electron chi connectivity index (χ1n) is 9.99. The van der Waals surface area contributed by atoms with Crippen molar-refractivity contribution >= 4 is 15.9 Å². The molecule has 1 saturated heterocycles. The largest absolute Gasteiger partial charge is 0.342 e. The van der Waals surface area contributed by atoms with Gasteiger partial charge in [0.25, 0.3) is 0 Å². The highest BCUT2D eigenvalue weighted by atomic mass is 32.2. The van der Waals surface area contributed by atoms with Crippen LogP contribution in [0.3, 0.4) is 0 Å². The molecule has 3 rings (SSSR count). The number of rotatable bonds is 7. The van der Waals surface area contributed by atoms with Crippen molar-refractivity contribution in [2.75, 3.05) is 19.6 Å². The fourth-order valence-electron chi connectivity index (χ4n) is 3.92. The minimum Gasteiger partial charge on any atom is -0.342 e. The molecule has 6 heteroatoms. The van der Waals surface area contributed by atoms with Crippen molar-refractivity contribution in [2.45, 2.75) is 50.7 Å². The summed E-state index contributed by atoms with van der Waals surface area (Å²) in [4.78, 5) is 14.5. The summed E-state index contributed by atoms with van der Waals surface area (Å²) in [6.07, 6.45) is 9.21. The lowest BCUT2D eigenvalue weighted by Gasteiger charge is -2.33. The molecule has 1 aromatic rings. The Balaban J connectivity index is 1.47. The molecule has 0 aromatic heterocycles. The second-order valence-corrected chi connectivity index (χ2v) is 9.53. The Morgan fingerprint density at radius 3 is 2.70 bits per heavy atom. The standard InChI is InChI=1S/C21H30N2O3S/c24-21(14-18-8-3-1-4-9-18)23-13-7-12-20(16-23)15-22-27(25,26)17-19-10-5-2-6-11-19/h2,5-6,8,10-11,20,22H,1,3-4,7,9,12-17H2. The summed E-state index contributed by atoms with van der Waals surface area (Å²) >= 11 is 0. The molecule has 0 radical (unpaired) electrons. The third-order valence-corrected chi connectivity index (χ3v) is 6.75. The summed E-state index contributed by atoms with van der Waals surface area (Å²) in [5.41, 5.74) is 2.06. The fraction of sp³-hybridized carbons (Fsp3) is 0.571. The minimum absolute atomic E-state index is 0.00262. The van der Waals surface area contributed by atoms with Crippen LogP contribution in [0.25, 0.3) is 0 Å². The maximum absolute atomic E-state index is 12.6. The Labute approximate surface area is 162 Å². The SMILES string of the molecule is O=C(CC1=CCCCC1)N1CCCC(CNS(=O)(=O)Cc2ccccc2)C1. The smallest absolute Gasteiger partial charge is 0.226 e. The molecule has 148 valence electrons. The van der Waals surface area contributed by atoms with E-state index in [9.17, 15) is 13.2 Å². The normalized spacial score (nSPS) is 21.0. The van der Waals surface area contributed by atoms with Crippen molar-refractivity contribution in [3.05, 3.63) is 47.5 Å². The quantitative estimate of drug-likeness (QED) is 0.727. The van der Waals surface area contributed by atoms with Gasteiger partial charge in [0.15, 0.2) is 0 Å². The monoisotopic (exact) mass is 390 g/mol. The molecule has 5 nitrogen and oxygen atoms in total. The Morgan fingerprint density at radius 2 is 1.96 bits per heavy atom. The molecule has 1 aromatic carbocycles. The van der Waals surface area contributed by atoms with Crippen molar-refractivity contribution in [3.63, 3.8) is 0 Å². The molecule has 0 saturated carbocycles. The molecule has 27 heavy (non-hydrogen) atoms. The zero-order chi connectivity index (χ0) is 19.1. The van der Waals surface area contributed by atoms with E-state index < -0.39 is 10.0 Å². The molecule has 2 aliphatic rings. The molecule has 1 heterocycles.